The van der Waals surface area contributed by atoms with E-state index in [-0.39, 0.29) is 5.28 Å². The molecular formula is C10H8BrCl2N5. The summed E-state index contributed by atoms with van der Waals surface area (Å²) < 4.78 is 0.731. The molecule has 0 fully saturated rings. The zero-order chi connectivity index (χ0) is 13.1. The van der Waals surface area contributed by atoms with Crippen LogP contribution in [0.5, 0.6) is 0 Å². The molecule has 1 aromatic heterocycles. The lowest BCUT2D eigenvalue weighted by Gasteiger charge is -2.08. The minimum absolute atomic E-state index is 0.106. The summed E-state index contributed by atoms with van der Waals surface area (Å²) in [4.78, 5) is 12.0. The maximum atomic E-state index is 5.99. The molecule has 0 unspecified atom stereocenters. The molecule has 2 aromatic rings. The van der Waals surface area contributed by atoms with E-state index in [1.54, 1.807) is 13.1 Å². The molecule has 8 heteroatoms. The van der Waals surface area contributed by atoms with E-state index >= 15 is 0 Å². The molecule has 0 spiro atoms. The van der Waals surface area contributed by atoms with Crippen molar-refractivity contribution in [1.29, 1.82) is 0 Å². The third-order valence-electron chi connectivity index (χ3n) is 2.03. The summed E-state index contributed by atoms with van der Waals surface area (Å²) in [5, 5.41) is 6.50. The molecule has 0 amide bonds. The quantitative estimate of drug-likeness (QED) is 0.884. The van der Waals surface area contributed by atoms with Crippen LogP contribution in [0.1, 0.15) is 0 Å². The van der Waals surface area contributed by atoms with E-state index in [1.807, 2.05) is 12.1 Å². The van der Waals surface area contributed by atoms with Crippen LogP contribution in [0.4, 0.5) is 17.6 Å². The van der Waals surface area contributed by atoms with Crippen molar-refractivity contribution in [2.75, 3.05) is 17.7 Å². The van der Waals surface area contributed by atoms with Crippen LogP contribution in [0.3, 0.4) is 0 Å². The van der Waals surface area contributed by atoms with E-state index in [2.05, 4.69) is 41.5 Å². The molecule has 0 aliphatic rings. The lowest BCUT2D eigenvalue weighted by atomic mass is 10.3. The second-order valence-electron chi connectivity index (χ2n) is 3.23. The third kappa shape index (κ3) is 3.01. The SMILES string of the molecule is CNc1nc(Cl)nc(Nc2cccc(Cl)c2Br)n1. The predicted molar refractivity (Wildman–Crippen MR) is 76.8 cm³/mol. The second kappa shape index (κ2) is 5.69. The first-order valence-corrected chi connectivity index (χ1v) is 6.45. The molecule has 0 aliphatic carbocycles. The van der Waals surface area contributed by atoms with Gasteiger partial charge in [0, 0.05) is 7.05 Å². The van der Waals surface area contributed by atoms with Gasteiger partial charge in [0.25, 0.3) is 0 Å². The van der Waals surface area contributed by atoms with Gasteiger partial charge in [-0.15, -0.1) is 0 Å². The standard InChI is InChI=1S/C10H8BrCl2N5/c1-14-9-16-8(13)17-10(18-9)15-6-4-2-3-5(12)7(6)11/h2-4H,1H3,(H2,14,15,16,17,18). The van der Waals surface area contributed by atoms with Crippen molar-refractivity contribution in [3.8, 4) is 0 Å². The Morgan fingerprint density at radius 1 is 1.11 bits per heavy atom. The van der Waals surface area contributed by atoms with Crippen molar-refractivity contribution in [2.24, 2.45) is 0 Å². The normalized spacial score (nSPS) is 10.2. The first-order chi connectivity index (χ1) is 8.60. The average molecular weight is 349 g/mol. The Labute approximate surface area is 122 Å². The molecule has 0 saturated carbocycles. The van der Waals surface area contributed by atoms with Crippen LogP contribution >= 0.6 is 39.1 Å². The van der Waals surface area contributed by atoms with Gasteiger partial charge in [0.15, 0.2) is 0 Å². The molecule has 0 atom stereocenters. The molecule has 1 aromatic carbocycles. The largest absolute Gasteiger partial charge is 0.357 e. The average Bonchev–Trinajstić information content (AvgIpc) is 2.34. The lowest BCUT2D eigenvalue weighted by molar-refractivity contribution is 1.05. The Morgan fingerprint density at radius 2 is 1.83 bits per heavy atom. The van der Waals surface area contributed by atoms with Crippen molar-refractivity contribution >= 4 is 56.7 Å². The molecule has 2 rings (SSSR count). The lowest BCUT2D eigenvalue weighted by Crippen LogP contribution is -2.04. The monoisotopic (exact) mass is 347 g/mol. The summed E-state index contributed by atoms with van der Waals surface area (Å²) in [6.07, 6.45) is 0. The van der Waals surface area contributed by atoms with Crippen LogP contribution < -0.4 is 10.6 Å². The Kier molecular flexibility index (Phi) is 4.21. The van der Waals surface area contributed by atoms with E-state index < -0.39 is 0 Å². The van der Waals surface area contributed by atoms with Crippen molar-refractivity contribution in [1.82, 2.24) is 15.0 Å². The number of aromatic nitrogens is 3. The van der Waals surface area contributed by atoms with E-state index in [9.17, 15) is 0 Å². The van der Waals surface area contributed by atoms with Gasteiger partial charge in [-0.2, -0.15) is 15.0 Å². The number of nitrogens with zero attached hydrogens (tertiary/aromatic N) is 3. The first-order valence-electron chi connectivity index (χ1n) is 4.90. The molecule has 0 radical (unpaired) electrons. The molecule has 5 nitrogen and oxygen atoms in total. The van der Waals surface area contributed by atoms with Crippen molar-refractivity contribution in [3.05, 3.63) is 33.0 Å². The van der Waals surface area contributed by atoms with Crippen molar-refractivity contribution < 1.29 is 0 Å². The van der Waals surface area contributed by atoms with Crippen LogP contribution in [-0.4, -0.2) is 22.0 Å². The minimum atomic E-state index is 0.106. The number of hydrogen-bond donors (Lipinski definition) is 2. The highest BCUT2D eigenvalue weighted by molar-refractivity contribution is 9.10. The van der Waals surface area contributed by atoms with Crippen molar-refractivity contribution in [3.63, 3.8) is 0 Å². The second-order valence-corrected chi connectivity index (χ2v) is 4.77. The smallest absolute Gasteiger partial charge is 0.233 e. The van der Waals surface area contributed by atoms with Gasteiger partial charge >= 0.3 is 0 Å². The summed E-state index contributed by atoms with van der Waals surface area (Å²) in [5.41, 5.74) is 0.742. The number of nitrogens with one attached hydrogen (secondary N) is 2. The van der Waals surface area contributed by atoms with Gasteiger partial charge < -0.3 is 10.6 Å². The Hall–Kier alpha value is -1.11. The molecule has 1 heterocycles. The fourth-order valence-corrected chi connectivity index (χ4v) is 1.94. The minimum Gasteiger partial charge on any atom is -0.357 e. The topological polar surface area (TPSA) is 62.7 Å². The Balaban J connectivity index is 2.34. The van der Waals surface area contributed by atoms with Gasteiger partial charge in [-0.05, 0) is 39.7 Å². The molecule has 18 heavy (non-hydrogen) atoms. The molecule has 0 bridgehead atoms. The summed E-state index contributed by atoms with van der Waals surface area (Å²) in [7, 11) is 1.70. The Bertz CT molecular complexity index is 578. The summed E-state index contributed by atoms with van der Waals surface area (Å²) in [6, 6.07) is 5.43. The summed E-state index contributed by atoms with van der Waals surface area (Å²) >= 11 is 15.2. The van der Waals surface area contributed by atoms with E-state index in [0.717, 1.165) is 10.2 Å². The highest BCUT2D eigenvalue weighted by atomic mass is 79.9. The summed E-state index contributed by atoms with van der Waals surface area (Å²) in [5.74, 6) is 0.720. The molecule has 94 valence electrons. The van der Waals surface area contributed by atoms with Gasteiger partial charge in [0.1, 0.15) is 0 Å². The molecular weight excluding hydrogens is 341 g/mol. The van der Waals surface area contributed by atoms with Crippen LogP contribution in [0.25, 0.3) is 0 Å². The fourth-order valence-electron chi connectivity index (χ4n) is 1.24. The predicted octanol–water partition coefficient (Wildman–Crippen LogP) is 3.73. The van der Waals surface area contributed by atoms with Gasteiger partial charge in [-0.3, -0.25) is 0 Å². The van der Waals surface area contributed by atoms with E-state index in [1.165, 1.54) is 0 Å². The van der Waals surface area contributed by atoms with Crippen LogP contribution in [-0.2, 0) is 0 Å². The van der Waals surface area contributed by atoms with Crippen LogP contribution in [0, 0.1) is 0 Å². The number of hydrogen-bond acceptors (Lipinski definition) is 5. The number of anilines is 3. The van der Waals surface area contributed by atoms with Crippen molar-refractivity contribution in [2.45, 2.75) is 0 Å². The number of benzene rings is 1. The van der Waals surface area contributed by atoms with E-state index in [0.29, 0.717) is 16.9 Å². The maximum absolute atomic E-state index is 5.99. The Morgan fingerprint density at radius 3 is 2.56 bits per heavy atom. The molecule has 0 saturated heterocycles. The first kappa shape index (κ1) is 13.3. The number of rotatable bonds is 3. The van der Waals surface area contributed by atoms with Crippen LogP contribution in [0.15, 0.2) is 22.7 Å². The van der Waals surface area contributed by atoms with Gasteiger partial charge in [0.05, 0.1) is 15.2 Å². The molecule has 0 aliphatic heterocycles. The molecule has 2 N–H and O–H groups in total. The maximum Gasteiger partial charge on any atom is 0.233 e. The zero-order valence-corrected chi connectivity index (χ0v) is 12.3. The number of halogens is 3. The summed E-state index contributed by atoms with van der Waals surface area (Å²) in [6.45, 7) is 0. The van der Waals surface area contributed by atoms with Gasteiger partial charge in [-0.25, -0.2) is 0 Å². The highest BCUT2D eigenvalue weighted by Crippen LogP contribution is 2.31. The van der Waals surface area contributed by atoms with Gasteiger partial charge in [0.2, 0.25) is 17.2 Å². The van der Waals surface area contributed by atoms with Crippen LogP contribution in [0.2, 0.25) is 10.3 Å². The van der Waals surface area contributed by atoms with Gasteiger partial charge in [-0.1, -0.05) is 17.7 Å². The fraction of sp³-hybridized carbons (Fsp3) is 0.100. The highest BCUT2D eigenvalue weighted by Gasteiger charge is 2.08. The van der Waals surface area contributed by atoms with E-state index in [4.69, 9.17) is 23.2 Å². The third-order valence-corrected chi connectivity index (χ3v) is 3.60. The zero-order valence-electron chi connectivity index (χ0n) is 9.21.